The van der Waals surface area contributed by atoms with Crippen LogP contribution in [0.3, 0.4) is 0 Å². The van der Waals surface area contributed by atoms with E-state index in [1.807, 2.05) is 41.5 Å². The summed E-state index contributed by atoms with van der Waals surface area (Å²) >= 11 is 1.78. The molecule has 0 aromatic heterocycles. The lowest BCUT2D eigenvalue weighted by atomic mass is 9.77. The summed E-state index contributed by atoms with van der Waals surface area (Å²) in [6, 6.07) is 0. The van der Waals surface area contributed by atoms with Crippen LogP contribution in [-0.2, 0) is 22.9 Å². The van der Waals surface area contributed by atoms with Crippen LogP contribution in [0.4, 0.5) is 0 Å². The molecule has 0 radical (unpaired) electrons. The molecule has 1 rings (SSSR count). The number of phosphoric ester groups is 1. The second kappa shape index (κ2) is 7.60. The van der Waals surface area contributed by atoms with Crippen LogP contribution in [-0.4, -0.2) is 22.6 Å². The molecule has 0 saturated carbocycles. The van der Waals surface area contributed by atoms with Crippen LogP contribution in [0.1, 0.15) is 54.4 Å². The summed E-state index contributed by atoms with van der Waals surface area (Å²) in [5.74, 6) is 0.160. The first-order valence-corrected chi connectivity index (χ1v) is 10.2. The molecule has 22 heavy (non-hydrogen) atoms. The third kappa shape index (κ3) is 5.26. The van der Waals surface area contributed by atoms with Crippen LogP contribution in [0.2, 0.25) is 0 Å². The van der Waals surface area contributed by atoms with Gasteiger partial charge in [0, 0.05) is 11.8 Å². The molecule has 0 spiro atoms. The minimum atomic E-state index is -3.60. The smallest absolute Gasteiger partial charge is 0.288 e. The molecule has 1 aliphatic heterocycles. The molecule has 130 valence electrons. The Kier molecular flexibility index (Phi) is 7.10. The molecule has 0 atom stereocenters. The van der Waals surface area contributed by atoms with Gasteiger partial charge in [0.1, 0.15) is 0 Å². The number of rotatable bonds is 7. The van der Waals surface area contributed by atoms with Crippen molar-refractivity contribution in [2.75, 3.05) is 13.2 Å². The average Bonchev–Trinajstić information content (AvgIpc) is 2.38. The molecular weight excluding hydrogens is 418 g/mol. The molecule has 1 saturated heterocycles. The van der Waals surface area contributed by atoms with Crippen LogP contribution in [0.25, 0.3) is 0 Å². The van der Waals surface area contributed by atoms with Gasteiger partial charge in [-0.2, -0.15) is 0 Å². The molecule has 0 aromatic carbocycles. The average molecular weight is 446 g/mol. The van der Waals surface area contributed by atoms with Crippen LogP contribution in [0, 0.1) is 17.3 Å². The highest BCUT2D eigenvalue weighted by molar-refractivity contribution is 14.1. The number of halogens is 1. The number of carbonyl (C=O) groups is 1. The molecule has 0 aromatic rings. The summed E-state index contributed by atoms with van der Waals surface area (Å²) in [6.45, 7) is 12.7. The third-order valence-electron chi connectivity index (χ3n) is 4.18. The van der Waals surface area contributed by atoms with E-state index in [1.165, 1.54) is 0 Å². The summed E-state index contributed by atoms with van der Waals surface area (Å²) < 4.78 is 29.8. The van der Waals surface area contributed by atoms with Gasteiger partial charge in [-0.1, -0.05) is 41.5 Å². The maximum atomic E-state index is 12.8. The molecule has 0 unspecified atom stereocenters. The Hall–Kier alpha value is 0.510. The lowest BCUT2D eigenvalue weighted by Gasteiger charge is -2.44. The quantitative estimate of drug-likeness (QED) is 0.314. The predicted octanol–water partition coefficient (Wildman–Crippen LogP) is 4.98. The van der Waals surface area contributed by atoms with Crippen molar-refractivity contribution in [2.24, 2.45) is 17.3 Å². The van der Waals surface area contributed by atoms with E-state index in [-0.39, 0.29) is 21.0 Å². The minimum absolute atomic E-state index is 0.0665. The fourth-order valence-corrected chi connectivity index (χ4v) is 5.04. The van der Waals surface area contributed by atoms with Crippen LogP contribution in [0.5, 0.6) is 0 Å². The van der Waals surface area contributed by atoms with E-state index >= 15 is 0 Å². The molecule has 5 nitrogen and oxygen atoms in total. The summed E-state index contributed by atoms with van der Waals surface area (Å²) in [7, 11) is -3.60. The second-order valence-electron chi connectivity index (χ2n) is 7.37. The van der Waals surface area contributed by atoms with Crippen molar-refractivity contribution in [3.63, 3.8) is 0 Å². The highest BCUT2D eigenvalue weighted by Crippen LogP contribution is 2.60. The first kappa shape index (κ1) is 20.6. The second-order valence-corrected chi connectivity index (χ2v) is 10.2. The Morgan fingerprint density at radius 3 is 2.05 bits per heavy atom. The summed E-state index contributed by atoms with van der Waals surface area (Å²) in [5.41, 5.74) is -0.883. The largest absolute Gasteiger partial charge is 0.475 e. The maximum absolute atomic E-state index is 12.8. The highest BCUT2D eigenvalue weighted by atomic mass is 127. The Morgan fingerprint density at radius 1 is 1.23 bits per heavy atom. The van der Waals surface area contributed by atoms with E-state index in [1.54, 1.807) is 22.6 Å². The van der Waals surface area contributed by atoms with Crippen molar-refractivity contribution >= 4 is 34.2 Å². The molecule has 7 heteroatoms. The fraction of sp³-hybridized carbons (Fsp3) is 0.933. The van der Waals surface area contributed by atoms with Gasteiger partial charge in [-0.3, -0.25) is 18.4 Å². The van der Waals surface area contributed by atoms with E-state index < -0.39 is 13.4 Å². The minimum Gasteiger partial charge on any atom is -0.288 e. The normalized spacial score (nSPS) is 21.3. The van der Waals surface area contributed by atoms with Gasteiger partial charge in [-0.05, 0) is 40.8 Å². The van der Waals surface area contributed by atoms with Crippen LogP contribution in [0.15, 0.2) is 0 Å². The SMILES string of the molecule is CC(C)C(CCC(=O)I)(OP1(=O)OCC(C)(C)CO1)C(C)C. The molecule has 1 heterocycles. The molecule has 1 fully saturated rings. The van der Waals surface area contributed by atoms with E-state index in [9.17, 15) is 9.36 Å². The van der Waals surface area contributed by atoms with Crippen molar-refractivity contribution in [1.29, 1.82) is 0 Å². The Morgan fingerprint density at radius 2 is 1.68 bits per heavy atom. The standard InChI is InChI=1S/C15H28IO5P/c1-11(2)15(12(3)4,8-7-13(16)17)21-22(18)19-9-14(5,6)10-20-22/h11-12H,7-10H2,1-6H3. The number of phosphoric acid groups is 1. The van der Waals surface area contributed by atoms with Gasteiger partial charge < -0.3 is 0 Å². The molecule has 0 amide bonds. The number of hydrogen-bond acceptors (Lipinski definition) is 5. The Balaban J connectivity index is 2.97. The van der Waals surface area contributed by atoms with Gasteiger partial charge in [0.05, 0.1) is 18.8 Å². The monoisotopic (exact) mass is 446 g/mol. The van der Waals surface area contributed by atoms with Crippen molar-refractivity contribution < 1.29 is 22.9 Å². The zero-order valence-electron chi connectivity index (χ0n) is 14.3. The number of carbonyl (C=O) groups excluding carboxylic acids is 1. The Labute approximate surface area is 147 Å². The first-order valence-electron chi connectivity index (χ1n) is 7.71. The summed E-state index contributed by atoms with van der Waals surface area (Å²) in [5, 5.41) is 0. The van der Waals surface area contributed by atoms with Crippen molar-refractivity contribution in [3.05, 3.63) is 0 Å². The highest BCUT2D eigenvalue weighted by Gasteiger charge is 2.48. The van der Waals surface area contributed by atoms with E-state index in [4.69, 9.17) is 13.6 Å². The molecule has 0 aliphatic carbocycles. The van der Waals surface area contributed by atoms with Crippen molar-refractivity contribution in [1.82, 2.24) is 0 Å². The molecule has 0 N–H and O–H groups in total. The van der Waals surface area contributed by atoms with Gasteiger partial charge >= 0.3 is 7.82 Å². The van der Waals surface area contributed by atoms with Gasteiger partial charge in [0.15, 0.2) is 3.79 Å². The van der Waals surface area contributed by atoms with Crippen molar-refractivity contribution in [3.8, 4) is 0 Å². The van der Waals surface area contributed by atoms with Crippen LogP contribution < -0.4 is 0 Å². The Bertz CT molecular complexity index is 425. The molecule has 1 aliphatic rings. The molecular formula is C15H28IO5P. The summed E-state index contributed by atoms with van der Waals surface area (Å²) in [4.78, 5) is 11.4. The summed E-state index contributed by atoms with van der Waals surface area (Å²) in [6.07, 6.45) is 0.882. The number of hydrogen-bond donors (Lipinski definition) is 0. The van der Waals surface area contributed by atoms with Gasteiger partial charge in [0.25, 0.3) is 0 Å². The lowest BCUT2D eigenvalue weighted by Crippen LogP contribution is -2.44. The van der Waals surface area contributed by atoms with E-state index in [0.717, 1.165) is 0 Å². The van der Waals surface area contributed by atoms with E-state index in [2.05, 4.69) is 0 Å². The maximum Gasteiger partial charge on any atom is 0.475 e. The van der Waals surface area contributed by atoms with Crippen molar-refractivity contribution in [2.45, 2.75) is 60.0 Å². The predicted molar refractivity (Wildman–Crippen MR) is 95.0 cm³/mol. The van der Waals surface area contributed by atoms with Gasteiger partial charge in [-0.15, -0.1) is 0 Å². The van der Waals surface area contributed by atoms with Crippen LogP contribution >= 0.6 is 30.4 Å². The van der Waals surface area contributed by atoms with Gasteiger partial charge in [0.2, 0.25) is 0 Å². The van der Waals surface area contributed by atoms with E-state index in [0.29, 0.717) is 26.1 Å². The molecule has 0 bridgehead atoms. The lowest BCUT2D eigenvalue weighted by molar-refractivity contribution is -0.114. The first-order chi connectivity index (χ1) is 9.92. The zero-order valence-corrected chi connectivity index (χ0v) is 17.4. The zero-order chi connectivity index (χ0) is 17.2. The topological polar surface area (TPSA) is 61.8 Å². The fourth-order valence-electron chi connectivity index (χ4n) is 2.64. The third-order valence-corrected chi connectivity index (χ3v) is 6.17. The van der Waals surface area contributed by atoms with Gasteiger partial charge in [-0.25, -0.2) is 4.57 Å².